The number of carbonyl (C=O) groups is 1. The summed E-state index contributed by atoms with van der Waals surface area (Å²) in [5.41, 5.74) is 0.652. The van der Waals surface area contributed by atoms with Crippen molar-refractivity contribution in [2.45, 2.75) is 13.8 Å². The van der Waals surface area contributed by atoms with Crippen LogP contribution in [0.4, 0.5) is 0 Å². The van der Waals surface area contributed by atoms with E-state index in [0.717, 1.165) is 11.8 Å². The molecule has 0 heterocycles. The molecular weight excluding hydrogens is 220 g/mol. The maximum absolute atomic E-state index is 10.4. The zero-order chi connectivity index (χ0) is 12.7. The summed E-state index contributed by atoms with van der Waals surface area (Å²) in [6.07, 6.45) is 1.13. The molecule has 1 aromatic rings. The normalized spacial score (nSPS) is 11.1. The summed E-state index contributed by atoms with van der Waals surface area (Å²) in [6.45, 7) is 4.47. The van der Waals surface area contributed by atoms with Gasteiger partial charge in [0.2, 0.25) is 0 Å². The number of rotatable bonds is 6. The van der Waals surface area contributed by atoms with Crippen molar-refractivity contribution in [3.05, 3.63) is 35.9 Å². The van der Waals surface area contributed by atoms with Crippen LogP contribution < -0.4 is 9.47 Å². The quantitative estimate of drug-likeness (QED) is 0.771. The zero-order valence-electron chi connectivity index (χ0n) is 9.97. The molecule has 0 saturated carbocycles. The Morgan fingerprint density at radius 2 is 2.00 bits per heavy atom. The molecule has 1 N–H and O–H groups in total. The number of ether oxygens (including phenoxy) is 2. The van der Waals surface area contributed by atoms with Gasteiger partial charge >= 0.3 is 5.97 Å². The van der Waals surface area contributed by atoms with Crippen LogP contribution in [0.5, 0.6) is 11.5 Å². The van der Waals surface area contributed by atoms with Crippen molar-refractivity contribution >= 4 is 5.97 Å². The lowest BCUT2D eigenvalue weighted by Gasteiger charge is -2.08. The van der Waals surface area contributed by atoms with Crippen LogP contribution in [-0.2, 0) is 4.79 Å². The number of benzene rings is 1. The van der Waals surface area contributed by atoms with E-state index in [1.54, 1.807) is 19.1 Å². The topological polar surface area (TPSA) is 55.8 Å². The van der Waals surface area contributed by atoms with Gasteiger partial charge < -0.3 is 14.6 Å². The number of carboxylic acids is 1. The molecule has 1 aromatic carbocycles. The maximum atomic E-state index is 10.4. The molecule has 0 amide bonds. The third-order valence-corrected chi connectivity index (χ3v) is 1.95. The molecule has 0 atom stereocenters. The second kappa shape index (κ2) is 6.58. The van der Waals surface area contributed by atoms with E-state index in [2.05, 4.69) is 0 Å². The third kappa shape index (κ3) is 5.06. The van der Waals surface area contributed by atoms with Crippen LogP contribution in [0, 0.1) is 0 Å². The van der Waals surface area contributed by atoms with Gasteiger partial charge in [0.1, 0.15) is 18.1 Å². The molecule has 1 rings (SSSR count). The summed E-state index contributed by atoms with van der Waals surface area (Å²) < 4.78 is 10.8. The highest BCUT2D eigenvalue weighted by Crippen LogP contribution is 2.19. The molecular formula is C13H16O4. The van der Waals surface area contributed by atoms with Crippen LogP contribution in [0.15, 0.2) is 35.9 Å². The van der Waals surface area contributed by atoms with E-state index in [4.69, 9.17) is 14.6 Å². The number of aliphatic carboxylic acids is 1. The van der Waals surface area contributed by atoms with Gasteiger partial charge in [-0.3, -0.25) is 0 Å². The molecule has 0 bridgehead atoms. The Morgan fingerprint density at radius 3 is 2.59 bits per heavy atom. The van der Waals surface area contributed by atoms with Gasteiger partial charge in [0.25, 0.3) is 0 Å². The molecule has 17 heavy (non-hydrogen) atoms. The molecule has 0 saturated heterocycles. The second-order valence-electron chi connectivity index (χ2n) is 3.53. The van der Waals surface area contributed by atoms with E-state index in [1.807, 2.05) is 19.1 Å². The van der Waals surface area contributed by atoms with Crippen molar-refractivity contribution in [1.29, 1.82) is 0 Å². The standard InChI is InChI=1S/C13H16O4/c1-3-16-11-5-4-6-12(8-11)17-9-10(2)7-13(14)15/h4-8H,3,9H2,1-2H3,(H,14,15). The van der Waals surface area contributed by atoms with Gasteiger partial charge in [-0.15, -0.1) is 0 Å². The van der Waals surface area contributed by atoms with Crippen molar-refractivity contribution in [3.63, 3.8) is 0 Å². The number of hydrogen-bond donors (Lipinski definition) is 1. The first-order chi connectivity index (χ1) is 8.11. The highest BCUT2D eigenvalue weighted by molar-refractivity contribution is 5.80. The molecule has 0 aromatic heterocycles. The van der Waals surface area contributed by atoms with Gasteiger partial charge in [-0.05, 0) is 31.6 Å². The molecule has 0 fully saturated rings. The molecule has 4 heteroatoms. The van der Waals surface area contributed by atoms with Gasteiger partial charge in [-0.1, -0.05) is 6.07 Å². The fourth-order valence-corrected chi connectivity index (χ4v) is 1.27. The minimum absolute atomic E-state index is 0.252. The summed E-state index contributed by atoms with van der Waals surface area (Å²) >= 11 is 0. The Balaban J connectivity index is 2.57. The van der Waals surface area contributed by atoms with Crippen LogP contribution in [0.25, 0.3) is 0 Å². The minimum atomic E-state index is -0.964. The Labute approximate surface area is 100 Å². The fraction of sp³-hybridized carbons (Fsp3) is 0.308. The molecule has 0 unspecified atom stereocenters. The predicted molar refractivity (Wildman–Crippen MR) is 64.5 cm³/mol. The third-order valence-electron chi connectivity index (χ3n) is 1.95. The van der Waals surface area contributed by atoms with Crippen molar-refractivity contribution in [1.82, 2.24) is 0 Å². The second-order valence-corrected chi connectivity index (χ2v) is 3.53. The van der Waals surface area contributed by atoms with Crippen LogP contribution in [-0.4, -0.2) is 24.3 Å². The molecule has 4 nitrogen and oxygen atoms in total. The van der Waals surface area contributed by atoms with Gasteiger partial charge in [-0.2, -0.15) is 0 Å². The smallest absolute Gasteiger partial charge is 0.328 e. The molecule has 0 spiro atoms. The van der Waals surface area contributed by atoms with E-state index in [-0.39, 0.29) is 6.61 Å². The summed E-state index contributed by atoms with van der Waals surface area (Å²) in [7, 11) is 0. The lowest BCUT2D eigenvalue weighted by molar-refractivity contribution is -0.131. The maximum Gasteiger partial charge on any atom is 0.328 e. The zero-order valence-corrected chi connectivity index (χ0v) is 9.97. The molecule has 92 valence electrons. The Bertz CT molecular complexity index is 410. The van der Waals surface area contributed by atoms with E-state index < -0.39 is 5.97 Å². The van der Waals surface area contributed by atoms with E-state index in [1.165, 1.54) is 0 Å². The first kappa shape index (κ1) is 13.1. The van der Waals surface area contributed by atoms with E-state index in [9.17, 15) is 4.79 Å². The number of carboxylic acid groups (broad SMARTS) is 1. The lowest BCUT2D eigenvalue weighted by atomic mass is 10.3. The average Bonchev–Trinajstić information content (AvgIpc) is 2.26. The van der Waals surface area contributed by atoms with E-state index >= 15 is 0 Å². The summed E-state index contributed by atoms with van der Waals surface area (Å²) in [6, 6.07) is 7.25. The van der Waals surface area contributed by atoms with Crippen molar-refractivity contribution in [2.75, 3.05) is 13.2 Å². The van der Waals surface area contributed by atoms with Crippen LogP contribution >= 0.6 is 0 Å². The molecule has 0 aliphatic carbocycles. The highest BCUT2D eigenvalue weighted by Gasteiger charge is 1.99. The van der Waals surface area contributed by atoms with Crippen LogP contribution in [0.2, 0.25) is 0 Å². The molecule has 0 aliphatic heterocycles. The largest absolute Gasteiger partial charge is 0.494 e. The van der Waals surface area contributed by atoms with Crippen molar-refractivity contribution in [2.24, 2.45) is 0 Å². The van der Waals surface area contributed by atoms with E-state index in [0.29, 0.717) is 17.9 Å². The molecule has 0 radical (unpaired) electrons. The van der Waals surface area contributed by atoms with Crippen molar-refractivity contribution < 1.29 is 19.4 Å². The Hall–Kier alpha value is -1.97. The fourth-order valence-electron chi connectivity index (χ4n) is 1.27. The predicted octanol–water partition coefficient (Wildman–Crippen LogP) is 2.50. The Morgan fingerprint density at radius 1 is 1.35 bits per heavy atom. The van der Waals surface area contributed by atoms with Crippen LogP contribution in [0.3, 0.4) is 0 Å². The lowest BCUT2D eigenvalue weighted by Crippen LogP contribution is -2.01. The summed E-state index contributed by atoms with van der Waals surface area (Å²) in [5.74, 6) is 0.438. The van der Waals surface area contributed by atoms with Gasteiger partial charge in [0, 0.05) is 12.1 Å². The average molecular weight is 236 g/mol. The first-order valence-corrected chi connectivity index (χ1v) is 5.37. The van der Waals surface area contributed by atoms with Gasteiger partial charge in [0.05, 0.1) is 6.61 Å². The first-order valence-electron chi connectivity index (χ1n) is 5.37. The Kier molecular flexibility index (Phi) is 5.07. The molecule has 0 aliphatic rings. The van der Waals surface area contributed by atoms with Crippen molar-refractivity contribution in [3.8, 4) is 11.5 Å². The minimum Gasteiger partial charge on any atom is -0.494 e. The van der Waals surface area contributed by atoms with Gasteiger partial charge in [-0.25, -0.2) is 4.79 Å². The number of hydrogen-bond acceptors (Lipinski definition) is 3. The highest BCUT2D eigenvalue weighted by atomic mass is 16.5. The van der Waals surface area contributed by atoms with Crippen LogP contribution in [0.1, 0.15) is 13.8 Å². The summed E-state index contributed by atoms with van der Waals surface area (Å²) in [4.78, 5) is 10.4. The summed E-state index contributed by atoms with van der Waals surface area (Å²) in [5, 5.41) is 8.54. The monoisotopic (exact) mass is 236 g/mol. The van der Waals surface area contributed by atoms with Gasteiger partial charge in [0.15, 0.2) is 0 Å². The SMILES string of the molecule is CCOc1cccc(OCC(C)=CC(=O)O)c1.